The molecule has 186 valence electrons. The molecule has 4 aromatic rings. The number of aromatic nitrogens is 1. The molecule has 0 aliphatic carbocycles. The van der Waals surface area contributed by atoms with E-state index in [2.05, 4.69) is 39.1 Å². The highest BCUT2D eigenvalue weighted by molar-refractivity contribution is 6.22. The zero-order valence-corrected chi connectivity index (χ0v) is 20.5. The molecule has 1 atom stereocenters. The maximum Gasteiger partial charge on any atom is 0.251 e. The first-order chi connectivity index (χ1) is 18.2. The normalized spacial score (nSPS) is 19.5. The number of rotatable bonds is 6. The molecule has 3 aromatic carbocycles. The minimum atomic E-state index is -0.397. The van der Waals surface area contributed by atoms with Crippen molar-refractivity contribution in [3.05, 3.63) is 90.5 Å². The van der Waals surface area contributed by atoms with Gasteiger partial charge in [-0.15, -0.1) is 0 Å². The van der Waals surface area contributed by atoms with Gasteiger partial charge in [-0.05, 0) is 42.0 Å². The van der Waals surface area contributed by atoms with E-state index in [-0.39, 0.29) is 18.2 Å². The lowest BCUT2D eigenvalue weighted by molar-refractivity contribution is -0.123. The highest BCUT2D eigenvalue weighted by Gasteiger charge is 2.43. The van der Waals surface area contributed by atoms with Crippen molar-refractivity contribution in [2.45, 2.75) is 12.5 Å². The number of fused-ring (bicyclic) bond motifs is 1. The number of nitrogens with zero attached hydrogens (tertiary/aromatic N) is 4. The van der Waals surface area contributed by atoms with Crippen molar-refractivity contribution < 1.29 is 14.0 Å². The zero-order chi connectivity index (χ0) is 25.2. The number of hydrogen-bond acceptors (Lipinski definition) is 6. The SMILES string of the molecule is O=C1C[C@H](N2CCN(C/C=C/c3ccccc3)CC2)C(=O)N1c1ccc(-c2nc3ccccc3o2)cc1. The maximum absolute atomic E-state index is 13.3. The fourth-order valence-corrected chi connectivity index (χ4v) is 5.08. The maximum atomic E-state index is 13.3. The van der Waals surface area contributed by atoms with Crippen LogP contribution in [0.2, 0.25) is 0 Å². The third kappa shape index (κ3) is 4.83. The lowest BCUT2D eigenvalue weighted by Crippen LogP contribution is -2.52. The lowest BCUT2D eigenvalue weighted by atomic mass is 10.1. The summed E-state index contributed by atoms with van der Waals surface area (Å²) in [7, 11) is 0. The van der Waals surface area contributed by atoms with Gasteiger partial charge in [0, 0.05) is 38.3 Å². The molecule has 2 fully saturated rings. The summed E-state index contributed by atoms with van der Waals surface area (Å²) in [6.07, 6.45) is 4.54. The molecule has 1 aromatic heterocycles. The molecular weight excluding hydrogens is 464 g/mol. The highest BCUT2D eigenvalue weighted by Crippen LogP contribution is 2.30. The van der Waals surface area contributed by atoms with Crippen LogP contribution in [0.4, 0.5) is 5.69 Å². The third-order valence-corrected chi connectivity index (χ3v) is 7.11. The van der Waals surface area contributed by atoms with Crippen LogP contribution in [0.1, 0.15) is 12.0 Å². The minimum absolute atomic E-state index is 0.142. The Bertz CT molecular complexity index is 1400. The number of benzene rings is 3. The molecule has 6 rings (SSSR count). The molecule has 37 heavy (non-hydrogen) atoms. The van der Waals surface area contributed by atoms with Gasteiger partial charge in [0.25, 0.3) is 5.91 Å². The van der Waals surface area contributed by atoms with Gasteiger partial charge in [-0.1, -0.05) is 54.6 Å². The van der Waals surface area contributed by atoms with Crippen LogP contribution in [0.25, 0.3) is 28.6 Å². The van der Waals surface area contributed by atoms with Crippen LogP contribution in [-0.4, -0.2) is 65.4 Å². The summed E-state index contributed by atoms with van der Waals surface area (Å²) in [5.41, 5.74) is 4.09. The van der Waals surface area contributed by atoms with Crippen LogP contribution in [0.15, 0.2) is 89.4 Å². The van der Waals surface area contributed by atoms with Gasteiger partial charge in [0.15, 0.2) is 5.58 Å². The van der Waals surface area contributed by atoms with E-state index >= 15 is 0 Å². The first-order valence-electron chi connectivity index (χ1n) is 12.7. The predicted octanol–water partition coefficient (Wildman–Crippen LogP) is 4.46. The minimum Gasteiger partial charge on any atom is -0.436 e. The van der Waals surface area contributed by atoms with Gasteiger partial charge < -0.3 is 4.42 Å². The number of hydrogen-bond donors (Lipinski definition) is 0. The van der Waals surface area contributed by atoms with Crippen LogP contribution in [0, 0.1) is 0 Å². The topological polar surface area (TPSA) is 69.9 Å². The smallest absolute Gasteiger partial charge is 0.251 e. The Kier molecular flexibility index (Phi) is 6.39. The number of oxazole rings is 1. The lowest BCUT2D eigenvalue weighted by Gasteiger charge is -2.36. The third-order valence-electron chi connectivity index (χ3n) is 7.11. The zero-order valence-electron chi connectivity index (χ0n) is 20.5. The number of amides is 2. The van der Waals surface area contributed by atoms with Gasteiger partial charge in [-0.3, -0.25) is 19.4 Å². The number of carbonyl (C=O) groups excluding carboxylic acids is 2. The Balaban J connectivity index is 1.07. The summed E-state index contributed by atoms with van der Waals surface area (Å²) in [6.45, 7) is 4.16. The molecule has 0 radical (unpaired) electrons. The molecule has 3 heterocycles. The van der Waals surface area contributed by atoms with Crippen LogP contribution >= 0.6 is 0 Å². The molecule has 2 aliphatic heterocycles. The van der Waals surface area contributed by atoms with Crippen molar-refractivity contribution in [2.75, 3.05) is 37.6 Å². The van der Waals surface area contributed by atoms with E-state index in [9.17, 15) is 9.59 Å². The van der Waals surface area contributed by atoms with Gasteiger partial charge in [0.05, 0.1) is 18.2 Å². The largest absolute Gasteiger partial charge is 0.436 e. The Morgan fingerprint density at radius 3 is 2.35 bits per heavy atom. The van der Waals surface area contributed by atoms with Crippen molar-refractivity contribution >= 4 is 34.7 Å². The molecule has 0 unspecified atom stereocenters. The number of anilines is 1. The molecule has 0 saturated carbocycles. The summed E-state index contributed by atoms with van der Waals surface area (Å²) in [5, 5.41) is 0. The second-order valence-corrected chi connectivity index (χ2v) is 9.47. The van der Waals surface area contributed by atoms with Crippen LogP contribution in [0.3, 0.4) is 0 Å². The molecule has 0 bridgehead atoms. The van der Waals surface area contributed by atoms with Crippen molar-refractivity contribution in [1.29, 1.82) is 0 Å². The van der Waals surface area contributed by atoms with Crippen molar-refractivity contribution in [3.63, 3.8) is 0 Å². The molecular formula is C30H28N4O3. The second kappa shape index (κ2) is 10.1. The van der Waals surface area contributed by atoms with Crippen LogP contribution < -0.4 is 4.90 Å². The molecule has 7 nitrogen and oxygen atoms in total. The van der Waals surface area contributed by atoms with Gasteiger partial charge in [0.1, 0.15) is 5.52 Å². The summed E-state index contributed by atoms with van der Waals surface area (Å²) >= 11 is 0. The van der Waals surface area contributed by atoms with Gasteiger partial charge in [0.2, 0.25) is 11.8 Å². The van der Waals surface area contributed by atoms with E-state index in [0.29, 0.717) is 11.6 Å². The van der Waals surface area contributed by atoms with E-state index in [1.165, 1.54) is 10.5 Å². The van der Waals surface area contributed by atoms with Crippen molar-refractivity contribution in [3.8, 4) is 11.5 Å². The Hall–Kier alpha value is -4.07. The molecule has 0 spiro atoms. The summed E-state index contributed by atoms with van der Waals surface area (Å²) in [5.74, 6) is 0.219. The average molecular weight is 493 g/mol. The second-order valence-electron chi connectivity index (χ2n) is 9.47. The Morgan fingerprint density at radius 1 is 0.865 bits per heavy atom. The highest BCUT2D eigenvalue weighted by atomic mass is 16.3. The van der Waals surface area contributed by atoms with Crippen LogP contribution in [-0.2, 0) is 9.59 Å². The molecule has 2 amide bonds. The summed E-state index contributed by atoms with van der Waals surface area (Å²) in [6, 6.07) is 24.7. The fourth-order valence-electron chi connectivity index (χ4n) is 5.08. The molecule has 0 N–H and O–H groups in total. The fraction of sp³-hybridized carbons (Fsp3) is 0.233. The van der Waals surface area contributed by atoms with Gasteiger partial charge in [-0.25, -0.2) is 9.88 Å². The van der Waals surface area contributed by atoms with Gasteiger partial charge >= 0.3 is 0 Å². The van der Waals surface area contributed by atoms with Crippen molar-refractivity contribution in [1.82, 2.24) is 14.8 Å². The van der Waals surface area contributed by atoms with Crippen LogP contribution in [0.5, 0.6) is 0 Å². The number of carbonyl (C=O) groups is 2. The summed E-state index contributed by atoms with van der Waals surface area (Å²) < 4.78 is 5.84. The van der Waals surface area contributed by atoms with E-state index in [0.717, 1.165) is 49.4 Å². The van der Waals surface area contributed by atoms with E-state index < -0.39 is 6.04 Å². The van der Waals surface area contributed by atoms with E-state index in [1.54, 1.807) is 12.1 Å². The van der Waals surface area contributed by atoms with E-state index in [1.807, 2.05) is 54.6 Å². The number of para-hydroxylation sites is 2. The first kappa shape index (κ1) is 23.3. The number of imide groups is 1. The number of piperazine rings is 1. The van der Waals surface area contributed by atoms with E-state index in [4.69, 9.17) is 4.42 Å². The quantitative estimate of drug-likeness (QED) is 0.370. The first-order valence-corrected chi connectivity index (χ1v) is 12.7. The Labute approximate surface area is 215 Å². The monoisotopic (exact) mass is 492 g/mol. The standard InChI is InChI=1S/C30H28N4O3/c35-28-21-26(33-19-17-32(18-20-33)16-6-9-22-7-2-1-3-8-22)30(36)34(28)24-14-12-23(13-15-24)29-31-25-10-4-5-11-27(25)37-29/h1-15,26H,16-21H2/b9-6+/t26-/m0/s1. The average Bonchev–Trinajstić information content (AvgIpc) is 3.50. The Morgan fingerprint density at radius 2 is 1.59 bits per heavy atom. The molecule has 2 saturated heterocycles. The molecule has 2 aliphatic rings. The molecule has 7 heteroatoms. The summed E-state index contributed by atoms with van der Waals surface area (Å²) in [4.78, 5) is 36.6. The van der Waals surface area contributed by atoms with Crippen molar-refractivity contribution in [2.24, 2.45) is 0 Å². The predicted molar refractivity (Wildman–Crippen MR) is 144 cm³/mol. The van der Waals surface area contributed by atoms with Gasteiger partial charge in [-0.2, -0.15) is 0 Å².